The second-order valence-corrected chi connectivity index (χ2v) is 5.60. The van der Waals surface area contributed by atoms with Gasteiger partial charge in [-0.2, -0.15) is 0 Å². The number of rotatable bonds is 12. The van der Waals surface area contributed by atoms with Gasteiger partial charge in [0, 0.05) is 6.54 Å². The molecule has 1 rings (SSSR count). The zero-order valence-corrected chi connectivity index (χ0v) is 13.3. The predicted octanol–water partition coefficient (Wildman–Crippen LogP) is 4.44. The van der Waals surface area contributed by atoms with Crippen LogP contribution in [0.15, 0.2) is 12.2 Å². The number of ether oxygens (including phenoxy) is 1. The Morgan fingerprint density at radius 1 is 0.952 bits per heavy atom. The molecule has 0 bridgehead atoms. The Labute approximate surface area is 128 Å². The average molecular weight is 295 g/mol. The molecule has 4 heteroatoms. The summed E-state index contributed by atoms with van der Waals surface area (Å²) in [6.45, 7) is 2.60. The van der Waals surface area contributed by atoms with Gasteiger partial charge < -0.3 is 4.74 Å². The maximum absolute atomic E-state index is 11.3. The second kappa shape index (κ2) is 11.4. The van der Waals surface area contributed by atoms with Crippen molar-refractivity contribution in [2.45, 2.75) is 71.1 Å². The number of hydrogen-bond acceptors (Lipinski definition) is 3. The first-order chi connectivity index (χ1) is 10.3. The summed E-state index contributed by atoms with van der Waals surface area (Å²) in [6, 6.07) is 0. The van der Waals surface area contributed by atoms with Crippen LogP contribution in [0.25, 0.3) is 0 Å². The smallest absolute Gasteiger partial charge is 0.417 e. The Bertz CT molecular complexity index is 323. The molecule has 1 saturated heterocycles. The Kier molecular flexibility index (Phi) is 9.58. The summed E-state index contributed by atoms with van der Waals surface area (Å²) >= 11 is 0. The lowest BCUT2D eigenvalue weighted by molar-refractivity contribution is -0.125. The molecule has 1 aliphatic heterocycles. The minimum absolute atomic E-state index is 0.0771. The Morgan fingerprint density at radius 2 is 1.57 bits per heavy atom. The fraction of sp³-hybridized carbons (Fsp3) is 0.765. The fourth-order valence-corrected chi connectivity index (χ4v) is 2.47. The van der Waals surface area contributed by atoms with Gasteiger partial charge in [-0.05, 0) is 25.7 Å². The van der Waals surface area contributed by atoms with Gasteiger partial charge in [-0.3, -0.25) is 4.79 Å². The number of carbonyl (C=O) groups excluding carboxylic acids is 2. The highest BCUT2D eigenvalue weighted by Crippen LogP contribution is 2.12. The topological polar surface area (TPSA) is 46.6 Å². The maximum atomic E-state index is 11.3. The third kappa shape index (κ3) is 7.88. The molecule has 0 aromatic carbocycles. The highest BCUT2D eigenvalue weighted by molar-refractivity contribution is 5.97. The van der Waals surface area contributed by atoms with E-state index in [4.69, 9.17) is 0 Å². The van der Waals surface area contributed by atoms with E-state index in [0.29, 0.717) is 6.54 Å². The minimum Gasteiger partial charge on any atom is -0.439 e. The van der Waals surface area contributed by atoms with Gasteiger partial charge in [-0.1, -0.05) is 57.6 Å². The molecule has 4 nitrogen and oxygen atoms in total. The number of imide groups is 1. The molecule has 0 unspecified atom stereocenters. The van der Waals surface area contributed by atoms with Crippen molar-refractivity contribution in [3.8, 4) is 0 Å². The number of cyclic esters (lactones) is 1. The molecule has 0 spiro atoms. The molecule has 1 aliphatic rings. The number of amides is 2. The Hall–Kier alpha value is -1.32. The summed E-state index contributed by atoms with van der Waals surface area (Å²) in [5.74, 6) is -0.197. The van der Waals surface area contributed by atoms with E-state index in [1.54, 1.807) is 0 Å². The van der Waals surface area contributed by atoms with Crippen LogP contribution in [0, 0.1) is 0 Å². The standard InChI is InChI=1S/C17H29NO3/c1-2-3-4-5-6-7-8-9-10-11-12-13-14-18-16(19)15-21-17(18)20/h3-4H,2,5-15H2,1H3. The Morgan fingerprint density at radius 3 is 2.14 bits per heavy atom. The number of hydrogen-bond donors (Lipinski definition) is 0. The highest BCUT2D eigenvalue weighted by atomic mass is 16.6. The summed E-state index contributed by atoms with van der Waals surface area (Å²) in [6.07, 6.45) is 16.0. The quantitative estimate of drug-likeness (QED) is 0.395. The molecule has 0 saturated carbocycles. The summed E-state index contributed by atoms with van der Waals surface area (Å²) in [5.41, 5.74) is 0. The number of allylic oxidation sites excluding steroid dienone is 2. The van der Waals surface area contributed by atoms with Gasteiger partial charge in [-0.15, -0.1) is 0 Å². The second-order valence-electron chi connectivity index (χ2n) is 5.60. The van der Waals surface area contributed by atoms with Crippen LogP contribution in [-0.4, -0.2) is 30.1 Å². The summed E-state index contributed by atoms with van der Waals surface area (Å²) in [5, 5.41) is 0. The monoisotopic (exact) mass is 295 g/mol. The van der Waals surface area contributed by atoms with Gasteiger partial charge in [0.1, 0.15) is 0 Å². The van der Waals surface area contributed by atoms with Gasteiger partial charge in [0.05, 0.1) is 0 Å². The first kappa shape index (κ1) is 17.7. The molecule has 0 N–H and O–H groups in total. The third-order valence-electron chi connectivity index (χ3n) is 3.75. The van der Waals surface area contributed by atoms with E-state index in [1.165, 1.54) is 49.8 Å². The number of carbonyl (C=O) groups is 2. The van der Waals surface area contributed by atoms with E-state index in [2.05, 4.69) is 23.8 Å². The molecule has 120 valence electrons. The third-order valence-corrected chi connectivity index (χ3v) is 3.75. The first-order valence-electron chi connectivity index (χ1n) is 8.37. The van der Waals surface area contributed by atoms with Gasteiger partial charge in [0.2, 0.25) is 0 Å². The predicted molar refractivity (Wildman–Crippen MR) is 84.0 cm³/mol. The van der Waals surface area contributed by atoms with E-state index >= 15 is 0 Å². The van der Waals surface area contributed by atoms with Crippen molar-refractivity contribution < 1.29 is 14.3 Å². The van der Waals surface area contributed by atoms with Crippen LogP contribution in [0.1, 0.15) is 71.1 Å². The molecule has 0 radical (unpaired) electrons. The van der Waals surface area contributed by atoms with Crippen LogP contribution >= 0.6 is 0 Å². The zero-order chi connectivity index (χ0) is 15.3. The SMILES string of the molecule is CCC=CCCCCCCCCCCN1C(=O)COC1=O. The maximum Gasteiger partial charge on any atom is 0.417 e. The molecule has 0 aliphatic carbocycles. The molecule has 21 heavy (non-hydrogen) atoms. The van der Waals surface area contributed by atoms with Crippen molar-refractivity contribution in [1.82, 2.24) is 4.90 Å². The molecule has 0 atom stereocenters. The van der Waals surface area contributed by atoms with Gasteiger partial charge in [0.15, 0.2) is 6.61 Å². The van der Waals surface area contributed by atoms with Crippen LogP contribution in [0.2, 0.25) is 0 Å². The van der Waals surface area contributed by atoms with Gasteiger partial charge >= 0.3 is 6.09 Å². The van der Waals surface area contributed by atoms with E-state index in [-0.39, 0.29) is 12.5 Å². The van der Waals surface area contributed by atoms with Crippen LogP contribution in [0.4, 0.5) is 4.79 Å². The van der Waals surface area contributed by atoms with E-state index < -0.39 is 6.09 Å². The van der Waals surface area contributed by atoms with Crippen LogP contribution in [0.5, 0.6) is 0 Å². The zero-order valence-electron chi connectivity index (χ0n) is 13.3. The largest absolute Gasteiger partial charge is 0.439 e. The normalized spacial score (nSPS) is 15.2. The van der Waals surface area contributed by atoms with E-state index in [1.807, 2.05) is 0 Å². The van der Waals surface area contributed by atoms with Crippen LogP contribution < -0.4 is 0 Å². The molecule has 0 aromatic heterocycles. The molecule has 1 heterocycles. The fourth-order valence-electron chi connectivity index (χ4n) is 2.47. The summed E-state index contributed by atoms with van der Waals surface area (Å²) < 4.78 is 4.67. The minimum atomic E-state index is -0.475. The van der Waals surface area contributed by atoms with Crippen LogP contribution in [0.3, 0.4) is 0 Å². The highest BCUT2D eigenvalue weighted by Gasteiger charge is 2.29. The molecular formula is C17H29NO3. The van der Waals surface area contributed by atoms with E-state index in [9.17, 15) is 9.59 Å². The lowest BCUT2D eigenvalue weighted by Crippen LogP contribution is -2.29. The lowest BCUT2D eigenvalue weighted by Gasteiger charge is -2.09. The summed E-state index contributed by atoms with van der Waals surface area (Å²) in [4.78, 5) is 23.7. The number of unbranched alkanes of at least 4 members (excludes halogenated alkanes) is 8. The molecular weight excluding hydrogens is 266 g/mol. The number of nitrogens with zero attached hydrogens (tertiary/aromatic N) is 1. The molecule has 0 aromatic rings. The van der Waals surface area contributed by atoms with Crippen molar-refractivity contribution in [2.24, 2.45) is 0 Å². The van der Waals surface area contributed by atoms with Crippen molar-refractivity contribution in [1.29, 1.82) is 0 Å². The Balaban J connectivity index is 1.83. The van der Waals surface area contributed by atoms with Crippen LogP contribution in [-0.2, 0) is 9.53 Å². The molecule has 1 fully saturated rings. The lowest BCUT2D eigenvalue weighted by atomic mass is 10.1. The van der Waals surface area contributed by atoms with Crippen molar-refractivity contribution in [3.63, 3.8) is 0 Å². The van der Waals surface area contributed by atoms with Crippen molar-refractivity contribution in [2.75, 3.05) is 13.2 Å². The van der Waals surface area contributed by atoms with Crippen molar-refractivity contribution in [3.05, 3.63) is 12.2 Å². The van der Waals surface area contributed by atoms with Gasteiger partial charge in [0.25, 0.3) is 5.91 Å². The van der Waals surface area contributed by atoms with Gasteiger partial charge in [-0.25, -0.2) is 9.69 Å². The van der Waals surface area contributed by atoms with Crippen molar-refractivity contribution >= 4 is 12.0 Å². The summed E-state index contributed by atoms with van der Waals surface area (Å²) in [7, 11) is 0. The van der Waals surface area contributed by atoms with E-state index in [0.717, 1.165) is 19.3 Å². The molecule has 2 amide bonds. The first-order valence-corrected chi connectivity index (χ1v) is 8.37. The average Bonchev–Trinajstić information content (AvgIpc) is 2.80.